The number of amides is 1. The zero-order valence-electron chi connectivity index (χ0n) is 14.8. The molecule has 3 heterocycles. The fraction of sp³-hybridized carbons (Fsp3) is 0.316. The first kappa shape index (κ1) is 16.8. The van der Waals surface area contributed by atoms with Crippen molar-refractivity contribution in [3.63, 3.8) is 0 Å². The van der Waals surface area contributed by atoms with Gasteiger partial charge in [0.05, 0.1) is 17.8 Å². The predicted octanol–water partition coefficient (Wildman–Crippen LogP) is 3.59. The van der Waals surface area contributed by atoms with Gasteiger partial charge in [0.2, 0.25) is 5.91 Å². The van der Waals surface area contributed by atoms with E-state index in [0.29, 0.717) is 11.0 Å². The fourth-order valence-corrected chi connectivity index (χ4v) is 3.62. The lowest BCUT2D eigenvalue weighted by Crippen LogP contribution is -2.31. The van der Waals surface area contributed by atoms with Crippen LogP contribution in [0.1, 0.15) is 31.7 Å². The van der Waals surface area contributed by atoms with Crippen molar-refractivity contribution in [3.8, 4) is 0 Å². The van der Waals surface area contributed by atoms with Gasteiger partial charge in [-0.3, -0.25) is 9.69 Å². The van der Waals surface area contributed by atoms with Crippen LogP contribution in [0.15, 0.2) is 42.6 Å². The molecule has 0 bridgehead atoms. The van der Waals surface area contributed by atoms with Gasteiger partial charge in [0.1, 0.15) is 11.0 Å². The number of nitrogens with zero attached hydrogens (tertiary/aromatic N) is 5. The standard InChI is InChI=1S/C19H18ClN5O/c1-11-21-7-13(8-22-11)12-4-5-14-15(6-12)25(18(26)19(14,2)3)17-10-23-16(20)9-24-17/h4,6-10,14H,5H2,1-3H3. The van der Waals surface area contributed by atoms with Crippen LogP contribution in [-0.4, -0.2) is 25.8 Å². The third-order valence-corrected chi connectivity index (χ3v) is 5.26. The van der Waals surface area contributed by atoms with Gasteiger partial charge in [-0.15, -0.1) is 0 Å². The molecule has 1 aliphatic heterocycles. The van der Waals surface area contributed by atoms with Gasteiger partial charge in [-0.25, -0.2) is 19.9 Å². The molecule has 1 aliphatic carbocycles. The van der Waals surface area contributed by atoms with Crippen LogP contribution < -0.4 is 4.90 Å². The fourth-order valence-electron chi connectivity index (χ4n) is 3.52. The second-order valence-corrected chi connectivity index (χ2v) is 7.48. The van der Waals surface area contributed by atoms with Crippen molar-refractivity contribution in [3.05, 3.63) is 59.2 Å². The van der Waals surface area contributed by atoms with Crippen LogP contribution in [0.4, 0.5) is 5.82 Å². The molecule has 0 N–H and O–H groups in total. The molecule has 26 heavy (non-hydrogen) atoms. The summed E-state index contributed by atoms with van der Waals surface area (Å²) in [6, 6.07) is 0. The van der Waals surface area contributed by atoms with E-state index in [1.54, 1.807) is 17.3 Å². The van der Waals surface area contributed by atoms with Crippen molar-refractivity contribution >= 4 is 28.9 Å². The van der Waals surface area contributed by atoms with Crippen LogP contribution in [0.2, 0.25) is 5.15 Å². The van der Waals surface area contributed by atoms with Crippen LogP contribution in [0.5, 0.6) is 0 Å². The van der Waals surface area contributed by atoms with Crippen molar-refractivity contribution in [2.75, 3.05) is 4.90 Å². The summed E-state index contributed by atoms with van der Waals surface area (Å²) in [5, 5.41) is 0.297. The van der Waals surface area contributed by atoms with Crippen LogP contribution >= 0.6 is 11.6 Å². The Balaban J connectivity index is 1.79. The highest BCUT2D eigenvalue weighted by atomic mass is 35.5. The highest BCUT2D eigenvalue weighted by Crippen LogP contribution is 2.49. The summed E-state index contributed by atoms with van der Waals surface area (Å²) in [6.45, 7) is 5.81. The summed E-state index contributed by atoms with van der Waals surface area (Å²) < 4.78 is 0. The van der Waals surface area contributed by atoms with E-state index in [0.717, 1.165) is 29.1 Å². The molecule has 132 valence electrons. The van der Waals surface area contributed by atoms with Gasteiger partial charge in [-0.2, -0.15) is 0 Å². The number of rotatable bonds is 2. The average molecular weight is 368 g/mol. The van der Waals surface area contributed by atoms with Gasteiger partial charge in [0, 0.05) is 29.6 Å². The van der Waals surface area contributed by atoms with E-state index < -0.39 is 5.41 Å². The van der Waals surface area contributed by atoms with Crippen LogP contribution in [-0.2, 0) is 4.79 Å². The third-order valence-electron chi connectivity index (χ3n) is 5.07. The van der Waals surface area contributed by atoms with Crippen LogP contribution in [0.25, 0.3) is 5.57 Å². The van der Waals surface area contributed by atoms with E-state index in [2.05, 4.69) is 26.0 Å². The SMILES string of the molecule is Cc1ncc(C2=CCC3C(=C2)N(c2cnc(Cl)cn2)C(=O)C3(C)C)cn1. The molecule has 1 fully saturated rings. The van der Waals surface area contributed by atoms with Gasteiger partial charge < -0.3 is 0 Å². The Labute approximate surface area is 156 Å². The molecule has 0 spiro atoms. The maximum atomic E-state index is 13.1. The highest BCUT2D eigenvalue weighted by Gasteiger charge is 2.51. The monoisotopic (exact) mass is 367 g/mol. The zero-order valence-corrected chi connectivity index (χ0v) is 15.5. The Kier molecular flexibility index (Phi) is 3.88. The van der Waals surface area contributed by atoms with Crippen molar-refractivity contribution in [2.24, 2.45) is 11.3 Å². The number of anilines is 1. The maximum absolute atomic E-state index is 13.1. The molecule has 6 nitrogen and oxygen atoms in total. The topological polar surface area (TPSA) is 71.9 Å². The number of hydrogen-bond acceptors (Lipinski definition) is 5. The minimum absolute atomic E-state index is 0.0141. The second kappa shape index (κ2) is 5.99. The predicted molar refractivity (Wildman–Crippen MR) is 99.2 cm³/mol. The molecule has 0 radical (unpaired) electrons. The van der Waals surface area contributed by atoms with Gasteiger partial charge in [0.15, 0.2) is 5.82 Å². The number of hydrogen-bond donors (Lipinski definition) is 0. The van der Waals surface area contributed by atoms with E-state index in [-0.39, 0.29) is 11.8 Å². The first-order valence-electron chi connectivity index (χ1n) is 8.41. The van der Waals surface area contributed by atoms with Crippen molar-refractivity contribution in [1.82, 2.24) is 19.9 Å². The van der Waals surface area contributed by atoms with E-state index in [4.69, 9.17) is 11.6 Å². The van der Waals surface area contributed by atoms with Crippen molar-refractivity contribution in [1.29, 1.82) is 0 Å². The molecule has 4 rings (SSSR count). The first-order chi connectivity index (χ1) is 12.4. The van der Waals surface area contributed by atoms with Gasteiger partial charge in [0.25, 0.3) is 0 Å². The molecule has 0 saturated carbocycles. The molecule has 1 amide bonds. The number of aryl methyl sites for hydroxylation is 1. The summed E-state index contributed by atoms with van der Waals surface area (Å²) in [4.78, 5) is 31.7. The maximum Gasteiger partial charge on any atom is 0.238 e. The molecule has 1 saturated heterocycles. The first-order valence-corrected chi connectivity index (χ1v) is 8.78. The Morgan fingerprint density at radius 1 is 1.12 bits per heavy atom. The van der Waals surface area contributed by atoms with Crippen LogP contribution in [0, 0.1) is 18.3 Å². The molecular formula is C19H18ClN5O. The lowest BCUT2D eigenvalue weighted by Gasteiger charge is -2.25. The molecule has 7 heteroatoms. The van der Waals surface area contributed by atoms with E-state index in [1.165, 1.54) is 12.4 Å². The molecule has 2 aromatic rings. The lowest BCUT2D eigenvalue weighted by atomic mass is 9.75. The second-order valence-electron chi connectivity index (χ2n) is 7.10. The number of halogens is 1. The third kappa shape index (κ3) is 2.61. The molecule has 2 aromatic heterocycles. The number of carbonyl (C=O) groups is 1. The molecule has 1 unspecified atom stereocenters. The largest absolute Gasteiger partial charge is 0.273 e. The Morgan fingerprint density at radius 3 is 2.50 bits per heavy atom. The number of aromatic nitrogens is 4. The molecule has 0 aromatic carbocycles. The Morgan fingerprint density at radius 2 is 1.85 bits per heavy atom. The number of allylic oxidation sites excluding steroid dienone is 4. The molecule has 2 aliphatic rings. The lowest BCUT2D eigenvalue weighted by molar-refractivity contribution is -0.125. The number of carbonyl (C=O) groups excluding carboxylic acids is 1. The molecular weight excluding hydrogens is 350 g/mol. The van der Waals surface area contributed by atoms with E-state index >= 15 is 0 Å². The molecule has 1 atom stereocenters. The van der Waals surface area contributed by atoms with E-state index in [9.17, 15) is 4.79 Å². The minimum Gasteiger partial charge on any atom is -0.273 e. The van der Waals surface area contributed by atoms with Crippen molar-refractivity contribution in [2.45, 2.75) is 27.2 Å². The Bertz CT molecular complexity index is 931. The summed E-state index contributed by atoms with van der Waals surface area (Å²) in [5.74, 6) is 1.32. The quantitative estimate of drug-likeness (QED) is 0.811. The smallest absolute Gasteiger partial charge is 0.238 e. The zero-order chi connectivity index (χ0) is 18.5. The summed E-state index contributed by atoms with van der Waals surface area (Å²) >= 11 is 5.85. The Hall–Kier alpha value is -2.60. The summed E-state index contributed by atoms with van der Waals surface area (Å²) in [5.41, 5.74) is 2.35. The summed E-state index contributed by atoms with van der Waals surface area (Å²) in [6.07, 6.45) is 11.6. The normalized spacial score (nSPS) is 21.3. The van der Waals surface area contributed by atoms with Gasteiger partial charge >= 0.3 is 0 Å². The van der Waals surface area contributed by atoms with E-state index in [1.807, 2.05) is 26.8 Å². The van der Waals surface area contributed by atoms with Crippen LogP contribution in [0.3, 0.4) is 0 Å². The summed E-state index contributed by atoms with van der Waals surface area (Å²) in [7, 11) is 0. The van der Waals surface area contributed by atoms with Crippen molar-refractivity contribution < 1.29 is 4.79 Å². The number of fused-ring (bicyclic) bond motifs is 1. The minimum atomic E-state index is -0.515. The van der Waals surface area contributed by atoms with Gasteiger partial charge in [-0.05, 0) is 25.0 Å². The average Bonchev–Trinajstić information content (AvgIpc) is 2.83. The highest BCUT2D eigenvalue weighted by molar-refractivity contribution is 6.29. The van der Waals surface area contributed by atoms with Gasteiger partial charge in [-0.1, -0.05) is 31.5 Å².